The molecule has 0 amide bonds. The van der Waals surface area contributed by atoms with E-state index in [1.165, 1.54) is 10.9 Å². The fraction of sp³-hybridized carbons (Fsp3) is 0.200. The van der Waals surface area contributed by atoms with Crippen LogP contribution in [0.3, 0.4) is 0 Å². The zero-order valence-electron chi connectivity index (χ0n) is 6.54. The molecule has 0 fully saturated rings. The summed E-state index contributed by atoms with van der Waals surface area (Å²) in [7, 11) is 0. The van der Waals surface area contributed by atoms with Crippen molar-refractivity contribution in [2.45, 2.75) is 13.5 Å². The third-order valence-corrected chi connectivity index (χ3v) is 1.96. The predicted octanol–water partition coefficient (Wildman–Crippen LogP) is 2.46. The number of aryl methyl sites for hydroxylation is 1. The van der Waals surface area contributed by atoms with Gasteiger partial charge in [0.05, 0.1) is 0 Å². The molecule has 2 rings (SSSR count). The van der Waals surface area contributed by atoms with Crippen molar-refractivity contribution in [1.82, 2.24) is 4.57 Å². The van der Waals surface area contributed by atoms with Crippen molar-refractivity contribution in [1.29, 1.82) is 0 Å². The number of hydrogen-bond donors (Lipinski definition) is 0. The lowest BCUT2D eigenvalue weighted by molar-refractivity contribution is 0.797. The molecule has 55 valence electrons. The van der Waals surface area contributed by atoms with Gasteiger partial charge in [-0.15, -0.1) is 0 Å². The van der Waals surface area contributed by atoms with E-state index < -0.39 is 0 Å². The molecule has 0 unspecified atom stereocenters. The summed E-state index contributed by atoms with van der Waals surface area (Å²) in [6.07, 6.45) is 2.11. The molecule has 1 heteroatoms. The number of hydrogen-bond acceptors (Lipinski definition) is 0. The average molecular weight is 144 g/mol. The molecule has 0 aliphatic carbocycles. The van der Waals surface area contributed by atoms with Gasteiger partial charge >= 0.3 is 0 Å². The van der Waals surface area contributed by atoms with E-state index >= 15 is 0 Å². The summed E-state index contributed by atoms with van der Waals surface area (Å²) >= 11 is 0. The van der Waals surface area contributed by atoms with Crippen LogP contribution in [-0.4, -0.2) is 4.57 Å². The van der Waals surface area contributed by atoms with Crippen LogP contribution in [-0.2, 0) is 6.54 Å². The minimum absolute atomic E-state index is 1.04. The molecule has 0 aliphatic heterocycles. The first-order chi connectivity index (χ1) is 5.42. The molecular weight excluding hydrogens is 134 g/mol. The molecule has 0 spiro atoms. The summed E-state index contributed by atoms with van der Waals surface area (Å²) in [6.45, 7) is 3.18. The van der Waals surface area contributed by atoms with Gasteiger partial charge in [0.1, 0.15) is 0 Å². The van der Waals surface area contributed by atoms with Crippen LogP contribution in [0.15, 0.2) is 30.5 Å². The topological polar surface area (TPSA) is 4.93 Å². The number of aromatic nitrogens is 1. The van der Waals surface area contributed by atoms with Gasteiger partial charge in [-0.1, -0.05) is 6.07 Å². The summed E-state index contributed by atoms with van der Waals surface area (Å²) < 4.78 is 2.23. The Hall–Kier alpha value is -1.24. The largest absolute Gasteiger partial charge is 0.348 e. The van der Waals surface area contributed by atoms with Gasteiger partial charge in [0, 0.05) is 23.6 Å². The van der Waals surface area contributed by atoms with Crippen LogP contribution < -0.4 is 0 Å². The Bertz CT molecular complexity index is 360. The number of fused-ring (bicyclic) bond motifs is 1. The molecule has 1 radical (unpaired) electrons. The molecule has 0 N–H and O–H groups in total. The highest BCUT2D eigenvalue weighted by Crippen LogP contribution is 2.13. The monoisotopic (exact) mass is 144 g/mol. The quantitative estimate of drug-likeness (QED) is 0.579. The van der Waals surface area contributed by atoms with Gasteiger partial charge in [-0.05, 0) is 31.2 Å². The lowest BCUT2D eigenvalue weighted by atomic mass is 10.2. The summed E-state index contributed by atoms with van der Waals surface area (Å²) in [5.74, 6) is 0. The van der Waals surface area contributed by atoms with Crippen molar-refractivity contribution in [3.63, 3.8) is 0 Å². The highest BCUT2D eigenvalue weighted by molar-refractivity contribution is 5.79. The van der Waals surface area contributed by atoms with E-state index in [1.807, 2.05) is 12.1 Å². The molecule has 1 aromatic heterocycles. The van der Waals surface area contributed by atoms with E-state index in [1.54, 1.807) is 0 Å². The Kier molecular flexibility index (Phi) is 1.42. The van der Waals surface area contributed by atoms with Crippen LogP contribution in [0.4, 0.5) is 0 Å². The van der Waals surface area contributed by atoms with E-state index in [4.69, 9.17) is 0 Å². The second kappa shape index (κ2) is 2.42. The summed E-state index contributed by atoms with van der Waals surface area (Å²) in [5, 5.41) is 1.27. The molecule has 1 heterocycles. The number of rotatable bonds is 1. The van der Waals surface area contributed by atoms with Crippen molar-refractivity contribution >= 4 is 10.9 Å². The summed E-state index contributed by atoms with van der Waals surface area (Å²) in [5.41, 5.74) is 1.30. The van der Waals surface area contributed by atoms with Crippen molar-refractivity contribution < 1.29 is 0 Å². The zero-order chi connectivity index (χ0) is 7.68. The lowest BCUT2D eigenvalue weighted by Crippen LogP contribution is -1.89. The van der Waals surface area contributed by atoms with Crippen LogP contribution in [0.1, 0.15) is 6.92 Å². The molecule has 0 aliphatic rings. The van der Waals surface area contributed by atoms with Crippen molar-refractivity contribution in [2.24, 2.45) is 0 Å². The maximum absolute atomic E-state index is 3.06. The molecule has 0 saturated carbocycles. The van der Waals surface area contributed by atoms with E-state index in [2.05, 4.69) is 35.9 Å². The normalized spacial score (nSPS) is 10.6. The molecule has 11 heavy (non-hydrogen) atoms. The number of benzene rings is 1. The fourth-order valence-corrected chi connectivity index (χ4v) is 1.36. The van der Waals surface area contributed by atoms with E-state index in [-0.39, 0.29) is 0 Å². The molecule has 1 nitrogen and oxygen atoms in total. The molecule has 0 atom stereocenters. The highest BCUT2D eigenvalue weighted by Gasteiger charge is 1.95. The molecular formula is C10H10N. The van der Waals surface area contributed by atoms with Gasteiger partial charge in [-0.25, -0.2) is 0 Å². The third kappa shape index (κ3) is 0.929. The Morgan fingerprint density at radius 3 is 3.18 bits per heavy atom. The van der Waals surface area contributed by atoms with Crippen LogP contribution in [0.5, 0.6) is 0 Å². The minimum atomic E-state index is 1.04. The maximum Gasteiger partial charge on any atom is 0.0480 e. The van der Waals surface area contributed by atoms with Gasteiger partial charge < -0.3 is 4.57 Å². The lowest BCUT2D eigenvalue weighted by Gasteiger charge is -1.97. The number of nitrogens with zero attached hydrogens (tertiary/aromatic N) is 1. The van der Waals surface area contributed by atoms with Gasteiger partial charge in [0.15, 0.2) is 0 Å². The van der Waals surface area contributed by atoms with Gasteiger partial charge in [0.25, 0.3) is 0 Å². The van der Waals surface area contributed by atoms with Gasteiger partial charge in [-0.2, -0.15) is 0 Å². The van der Waals surface area contributed by atoms with Crippen LogP contribution in [0.25, 0.3) is 10.9 Å². The van der Waals surface area contributed by atoms with E-state index in [0.29, 0.717) is 0 Å². The van der Waals surface area contributed by atoms with Crippen molar-refractivity contribution in [2.75, 3.05) is 0 Å². The van der Waals surface area contributed by atoms with Gasteiger partial charge in [0.2, 0.25) is 0 Å². The Morgan fingerprint density at radius 2 is 2.36 bits per heavy atom. The van der Waals surface area contributed by atoms with Crippen LogP contribution >= 0.6 is 0 Å². The Morgan fingerprint density at radius 1 is 1.45 bits per heavy atom. The first kappa shape index (κ1) is 6.47. The van der Waals surface area contributed by atoms with Crippen LogP contribution in [0.2, 0.25) is 0 Å². The summed E-state index contributed by atoms with van der Waals surface area (Å²) in [6, 6.07) is 11.2. The summed E-state index contributed by atoms with van der Waals surface area (Å²) in [4.78, 5) is 0. The molecule has 0 bridgehead atoms. The zero-order valence-corrected chi connectivity index (χ0v) is 6.54. The maximum atomic E-state index is 3.06. The second-order valence-electron chi connectivity index (χ2n) is 2.59. The van der Waals surface area contributed by atoms with E-state index in [0.717, 1.165) is 6.54 Å². The van der Waals surface area contributed by atoms with Gasteiger partial charge in [-0.3, -0.25) is 0 Å². The first-order valence-corrected chi connectivity index (χ1v) is 3.87. The molecule has 0 saturated heterocycles. The van der Waals surface area contributed by atoms with Crippen molar-refractivity contribution in [3.05, 3.63) is 36.5 Å². The van der Waals surface area contributed by atoms with E-state index in [9.17, 15) is 0 Å². The molecule has 2 aromatic rings. The predicted molar refractivity (Wildman–Crippen MR) is 46.4 cm³/mol. The first-order valence-electron chi connectivity index (χ1n) is 3.87. The standard InChI is InChI=1S/C10H10N/c1-2-11-8-7-9-5-3-4-6-10(9)11/h4-8H,2H2,1H3. The minimum Gasteiger partial charge on any atom is -0.348 e. The third-order valence-electron chi connectivity index (χ3n) is 1.96. The fourth-order valence-electron chi connectivity index (χ4n) is 1.36. The average Bonchev–Trinajstić information content (AvgIpc) is 2.47. The SMILES string of the molecule is CCn1ccc2c[c]ccc21. The Labute approximate surface area is 66.3 Å². The van der Waals surface area contributed by atoms with Crippen molar-refractivity contribution in [3.8, 4) is 0 Å². The molecule has 1 aromatic carbocycles. The highest BCUT2D eigenvalue weighted by atomic mass is 14.9. The van der Waals surface area contributed by atoms with Crippen LogP contribution in [0, 0.1) is 6.07 Å². The Balaban J connectivity index is 2.76. The smallest absolute Gasteiger partial charge is 0.0480 e. The second-order valence-corrected chi connectivity index (χ2v) is 2.59.